The molecule has 2 amide bonds. The number of nitrogens with one attached hydrogen (secondary N) is 1. The Bertz CT molecular complexity index is 809. The first-order chi connectivity index (χ1) is 14.4. The van der Waals surface area contributed by atoms with Gasteiger partial charge in [0.05, 0.1) is 7.11 Å². The number of carbonyl (C=O) groups is 2. The van der Waals surface area contributed by atoms with E-state index in [9.17, 15) is 9.59 Å². The number of hydrogen-bond donors (Lipinski definition) is 1. The van der Waals surface area contributed by atoms with Crippen LogP contribution in [-0.2, 0) is 16.1 Å². The number of unbranched alkanes of at least 4 members (excludes halogenated alkanes) is 1. The van der Waals surface area contributed by atoms with Crippen molar-refractivity contribution >= 4 is 27.7 Å². The lowest BCUT2D eigenvalue weighted by Crippen LogP contribution is -2.49. The summed E-state index contributed by atoms with van der Waals surface area (Å²) in [5, 5.41) is 2.91. The molecule has 1 N–H and O–H groups in total. The predicted octanol–water partition coefficient (Wildman–Crippen LogP) is 4.17. The third-order valence-corrected chi connectivity index (χ3v) is 5.21. The van der Waals surface area contributed by atoms with E-state index in [-0.39, 0.29) is 18.4 Å². The van der Waals surface area contributed by atoms with Crippen LogP contribution in [0.4, 0.5) is 0 Å². The van der Waals surface area contributed by atoms with E-state index in [1.54, 1.807) is 43.2 Å². The van der Waals surface area contributed by atoms with Crippen LogP contribution in [0.3, 0.4) is 0 Å². The summed E-state index contributed by atoms with van der Waals surface area (Å²) in [6, 6.07) is 14.1. The number of hydrogen-bond acceptors (Lipinski definition) is 4. The third-order valence-electron chi connectivity index (χ3n) is 4.68. The van der Waals surface area contributed by atoms with Crippen molar-refractivity contribution in [3.05, 3.63) is 58.6 Å². The van der Waals surface area contributed by atoms with Gasteiger partial charge in [-0.3, -0.25) is 9.59 Å². The third kappa shape index (κ3) is 7.37. The molecule has 0 aliphatic rings. The van der Waals surface area contributed by atoms with Crippen LogP contribution in [0.2, 0.25) is 0 Å². The van der Waals surface area contributed by atoms with E-state index >= 15 is 0 Å². The average molecular weight is 477 g/mol. The van der Waals surface area contributed by atoms with E-state index in [2.05, 4.69) is 28.2 Å². The minimum Gasteiger partial charge on any atom is -0.497 e. The molecule has 0 heterocycles. The zero-order valence-electron chi connectivity index (χ0n) is 17.7. The van der Waals surface area contributed by atoms with E-state index < -0.39 is 6.04 Å². The van der Waals surface area contributed by atoms with Crippen LogP contribution in [0.15, 0.2) is 53.0 Å². The molecule has 30 heavy (non-hydrogen) atoms. The molecule has 0 aliphatic carbocycles. The summed E-state index contributed by atoms with van der Waals surface area (Å²) >= 11 is 3.42. The number of nitrogens with zero attached hydrogens (tertiary/aromatic N) is 1. The quantitative estimate of drug-likeness (QED) is 0.494. The largest absolute Gasteiger partial charge is 0.497 e. The average Bonchev–Trinajstić information content (AvgIpc) is 2.77. The zero-order valence-corrected chi connectivity index (χ0v) is 19.3. The topological polar surface area (TPSA) is 67.9 Å². The Morgan fingerprint density at radius 3 is 2.30 bits per heavy atom. The molecule has 7 heteroatoms. The molecular weight excluding hydrogens is 448 g/mol. The summed E-state index contributed by atoms with van der Waals surface area (Å²) in [5.74, 6) is 0.848. The number of halogens is 1. The van der Waals surface area contributed by atoms with Crippen LogP contribution in [0.25, 0.3) is 0 Å². The van der Waals surface area contributed by atoms with Gasteiger partial charge in [-0.2, -0.15) is 0 Å². The fraction of sp³-hybridized carbons (Fsp3) is 0.391. The molecule has 0 fully saturated rings. The highest BCUT2D eigenvalue weighted by Gasteiger charge is 2.26. The number of amides is 2. The van der Waals surface area contributed by atoms with Crippen molar-refractivity contribution in [2.45, 2.75) is 39.3 Å². The molecule has 1 atom stereocenters. The van der Waals surface area contributed by atoms with Crippen LogP contribution in [-0.4, -0.2) is 43.0 Å². The van der Waals surface area contributed by atoms with Gasteiger partial charge in [-0.1, -0.05) is 41.4 Å². The van der Waals surface area contributed by atoms with Crippen LogP contribution in [0.5, 0.6) is 11.5 Å². The molecular formula is C23H29BrN2O4. The predicted molar refractivity (Wildman–Crippen MR) is 121 cm³/mol. The summed E-state index contributed by atoms with van der Waals surface area (Å²) in [5.41, 5.74) is 0.934. The van der Waals surface area contributed by atoms with Gasteiger partial charge in [0, 0.05) is 17.6 Å². The van der Waals surface area contributed by atoms with E-state index in [1.165, 1.54) is 0 Å². The first kappa shape index (κ1) is 23.7. The van der Waals surface area contributed by atoms with E-state index in [4.69, 9.17) is 9.47 Å². The van der Waals surface area contributed by atoms with E-state index in [0.717, 1.165) is 22.9 Å². The molecule has 162 valence electrons. The fourth-order valence-corrected chi connectivity index (χ4v) is 3.07. The number of benzene rings is 2. The van der Waals surface area contributed by atoms with Gasteiger partial charge in [-0.15, -0.1) is 0 Å². The minimum absolute atomic E-state index is 0.157. The number of methoxy groups -OCH3 is 1. The fourth-order valence-electron chi connectivity index (χ4n) is 2.81. The Labute approximate surface area is 186 Å². The maximum absolute atomic E-state index is 13.0. The van der Waals surface area contributed by atoms with Gasteiger partial charge in [0.25, 0.3) is 5.91 Å². The SMILES string of the molecule is CCCCNC(=O)C(C)N(Cc1ccc(Br)cc1)C(=O)COc1ccc(OC)cc1. The summed E-state index contributed by atoms with van der Waals surface area (Å²) in [6.07, 6.45) is 1.89. The summed E-state index contributed by atoms with van der Waals surface area (Å²) in [6.45, 7) is 4.57. The standard InChI is InChI=1S/C23H29BrN2O4/c1-4-5-14-25-23(28)17(2)26(15-18-6-8-19(24)9-7-18)22(27)16-30-21-12-10-20(29-3)11-13-21/h6-13,17H,4-5,14-16H2,1-3H3,(H,25,28). The second kappa shape index (κ2) is 12.2. The highest BCUT2D eigenvalue weighted by molar-refractivity contribution is 9.10. The number of carbonyl (C=O) groups excluding carboxylic acids is 2. The molecule has 0 radical (unpaired) electrons. The second-order valence-corrected chi connectivity index (χ2v) is 7.85. The highest BCUT2D eigenvalue weighted by Crippen LogP contribution is 2.18. The van der Waals surface area contributed by atoms with Crippen molar-refractivity contribution in [3.63, 3.8) is 0 Å². The van der Waals surface area contributed by atoms with Crippen LogP contribution < -0.4 is 14.8 Å². The van der Waals surface area contributed by atoms with Gasteiger partial charge in [-0.25, -0.2) is 0 Å². The number of rotatable bonds is 11. The number of ether oxygens (including phenoxy) is 2. The molecule has 0 saturated carbocycles. The van der Waals surface area contributed by atoms with Crippen molar-refractivity contribution in [2.75, 3.05) is 20.3 Å². The van der Waals surface area contributed by atoms with Gasteiger partial charge >= 0.3 is 0 Å². The monoisotopic (exact) mass is 476 g/mol. The second-order valence-electron chi connectivity index (χ2n) is 6.93. The molecule has 0 aromatic heterocycles. The Balaban J connectivity index is 2.08. The molecule has 2 aromatic carbocycles. The lowest BCUT2D eigenvalue weighted by atomic mass is 10.1. The lowest BCUT2D eigenvalue weighted by molar-refractivity contribution is -0.142. The van der Waals surface area contributed by atoms with Crippen molar-refractivity contribution in [1.29, 1.82) is 0 Å². The van der Waals surface area contributed by atoms with Gasteiger partial charge in [0.2, 0.25) is 5.91 Å². The molecule has 2 aromatic rings. The smallest absolute Gasteiger partial charge is 0.261 e. The molecule has 0 aliphatic heterocycles. The van der Waals surface area contributed by atoms with Crippen LogP contribution >= 0.6 is 15.9 Å². The maximum Gasteiger partial charge on any atom is 0.261 e. The summed E-state index contributed by atoms with van der Waals surface area (Å²) < 4.78 is 11.7. The van der Waals surface area contributed by atoms with Crippen molar-refractivity contribution in [1.82, 2.24) is 10.2 Å². The molecule has 0 saturated heterocycles. The van der Waals surface area contributed by atoms with Gasteiger partial charge in [0.1, 0.15) is 17.5 Å². The Kier molecular flexibility index (Phi) is 9.67. The molecule has 0 bridgehead atoms. The normalized spacial score (nSPS) is 11.5. The highest BCUT2D eigenvalue weighted by atomic mass is 79.9. The van der Waals surface area contributed by atoms with Gasteiger partial charge < -0.3 is 19.7 Å². The molecule has 0 spiro atoms. The maximum atomic E-state index is 13.0. The molecule has 6 nitrogen and oxygen atoms in total. The molecule has 2 rings (SSSR count). The lowest BCUT2D eigenvalue weighted by Gasteiger charge is -2.28. The van der Waals surface area contributed by atoms with Gasteiger partial charge in [0.15, 0.2) is 6.61 Å². The first-order valence-corrected chi connectivity index (χ1v) is 10.8. The summed E-state index contributed by atoms with van der Waals surface area (Å²) in [7, 11) is 1.59. The Morgan fingerprint density at radius 1 is 1.07 bits per heavy atom. The zero-order chi connectivity index (χ0) is 21.9. The minimum atomic E-state index is -0.613. The van der Waals surface area contributed by atoms with Crippen molar-refractivity contribution < 1.29 is 19.1 Å². The van der Waals surface area contributed by atoms with Crippen LogP contribution in [0.1, 0.15) is 32.3 Å². The van der Waals surface area contributed by atoms with E-state index in [0.29, 0.717) is 24.6 Å². The van der Waals surface area contributed by atoms with Crippen molar-refractivity contribution in [3.8, 4) is 11.5 Å². The molecule has 1 unspecified atom stereocenters. The Hall–Kier alpha value is -2.54. The Morgan fingerprint density at radius 2 is 1.70 bits per heavy atom. The van der Waals surface area contributed by atoms with Crippen LogP contribution in [0, 0.1) is 0 Å². The summed E-state index contributed by atoms with van der Waals surface area (Å²) in [4.78, 5) is 27.1. The first-order valence-electron chi connectivity index (χ1n) is 10.0. The van der Waals surface area contributed by atoms with Crippen molar-refractivity contribution in [2.24, 2.45) is 0 Å². The van der Waals surface area contributed by atoms with E-state index in [1.807, 2.05) is 24.3 Å². The van der Waals surface area contributed by atoms with Gasteiger partial charge in [-0.05, 0) is 55.3 Å².